The molecular formula is C48H29N3S2. The molecule has 0 spiro atoms. The van der Waals surface area contributed by atoms with Crippen molar-refractivity contribution in [2.45, 2.75) is 19.6 Å². The van der Waals surface area contributed by atoms with Crippen molar-refractivity contribution in [1.29, 1.82) is 0 Å². The molecule has 1 aliphatic rings. The fourth-order valence-corrected chi connectivity index (χ4v) is 10.00. The smallest absolute Gasteiger partial charge is 0.160 e. The van der Waals surface area contributed by atoms with Gasteiger partial charge in [0.05, 0.1) is 22.2 Å². The summed E-state index contributed by atoms with van der Waals surface area (Å²) in [6.07, 6.45) is 0. The van der Waals surface area contributed by atoms with Crippen LogP contribution in [0.25, 0.3) is 82.9 Å². The van der Waals surface area contributed by atoms with E-state index >= 15 is 0 Å². The van der Waals surface area contributed by atoms with Crippen molar-refractivity contribution < 1.29 is 0 Å². The van der Waals surface area contributed by atoms with Crippen molar-refractivity contribution in [3.8, 4) is 39.5 Å². The lowest BCUT2D eigenvalue weighted by atomic mass is 10.0. The molecule has 1 aliphatic heterocycles. The summed E-state index contributed by atoms with van der Waals surface area (Å²) in [6.45, 7) is 0. The molecule has 0 fully saturated rings. The van der Waals surface area contributed by atoms with Crippen molar-refractivity contribution in [3.63, 3.8) is 0 Å². The summed E-state index contributed by atoms with van der Waals surface area (Å²) in [5.74, 6) is 0.724. The first kappa shape index (κ1) is 30.5. The van der Waals surface area contributed by atoms with Crippen molar-refractivity contribution in [2.24, 2.45) is 0 Å². The second kappa shape index (κ2) is 12.2. The van der Waals surface area contributed by atoms with Crippen molar-refractivity contribution in [1.82, 2.24) is 14.5 Å². The predicted octanol–water partition coefficient (Wildman–Crippen LogP) is 13.5. The summed E-state index contributed by atoms with van der Waals surface area (Å²) in [7, 11) is 0. The third kappa shape index (κ3) is 5.07. The molecule has 53 heavy (non-hydrogen) atoms. The fraction of sp³-hybridized carbons (Fsp3) is 0. The largest absolute Gasteiger partial charge is 0.309 e. The Bertz CT molecular complexity index is 3060. The van der Waals surface area contributed by atoms with E-state index in [0.717, 1.165) is 50.4 Å². The van der Waals surface area contributed by atoms with E-state index in [1.807, 2.05) is 41.7 Å². The van der Waals surface area contributed by atoms with Crippen LogP contribution in [-0.4, -0.2) is 14.5 Å². The van der Waals surface area contributed by atoms with Crippen LogP contribution >= 0.6 is 23.5 Å². The minimum Gasteiger partial charge on any atom is -0.309 e. The molecule has 3 heterocycles. The average Bonchev–Trinajstić information content (AvgIpc) is 3.55. The molecule has 0 saturated carbocycles. The molecule has 0 bridgehead atoms. The maximum Gasteiger partial charge on any atom is 0.160 e. The molecule has 8 aromatic carbocycles. The van der Waals surface area contributed by atoms with E-state index in [9.17, 15) is 0 Å². The van der Waals surface area contributed by atoms with Gasteiger partial charge in [-0.2, -0.15) is 0 Å². The van der Waals surface area contributed by atoms with Crippen LogP contribution in [0, 0.1) is 0 Å². The van der Waals surface area contributed by atoms with Gasteiger partial charge in [0.25, 0.3) is 0 Å². The van der Waals surface area contributed by atoms with Gasteiger partial charge in [0, 0.05) is 57.9 Å². The lowest BCUT2D eigenvalue weighted by Crippen LogP contribution is -1.96. The van der Waals surface area contributed by atoms with Crippen LogP contribution in [0.5, 0.6) is 0 Å². The number of hydrogen-bond donors (Lipinski definition) is 0. The van der Waals surface area contributed by atoms with E-state index in [0.29, 0.717) is 0 Å². The number of benzene rings is 8. The summed E-state index contributed by atoms with van der Waals surface area (Å²) >= 11 is 3.74. The zero-order valence-electron chi connectivity index (χ0n) is 28.4. The molecule has 0 aliphatic carbocycles. The Morgan fingerprint density at radius 2 is 1.08 bits per heavy atom. The zero-order chi connectivity index (χ0) is 34.9. The first-order chi connectivity index (χ1) is 26.2. The lowest BCUT2D eigenvalue weighted by molar-refractivity contribution is 1.14. The summed E-state index contributed by atoms with van der Waals surface area (Å²) < 4.78 is 2.48. The van der Waals surface area contributed by atoms with Gasteiger partial charge in [-0.1, -0.05) is 157 Å². The molecule has 0 atom stereocenters. The average molecular weight is 712 g/mol. The molecule has 10 aromatic rings. The van der Waals surface area contributed by atoms with Gasteiger partial charge in [0.15, 0.2) is 5.82 Å². The number of para-hydroxylation sites is 1. The highest BCUT2D eigenvalue weighted by molar-refractivity contribution is 8.05. The quantitative estimate of drug-likeness (QED) is 0.182. The number of nitrogens with zero attached hydrogens (tertiary/aromatic N) is 3. The molecule has 0 unspecified atom stereocenters. The molecule has 3 nitrogen and oxygen atoms in total. The highest BCUT2D eigenvalue weighted by atomic mass is 32.2. The third-order valence-corrected chi connectivity index (χ3v) is 12.8. The lowest BCUT2D eigenvalue weighted by Gasteiger charge is -2.19. The first-order valence-corrected chi connectivity index (χ1v) is 19.4. The van der Waals surface area contributed by atoms with Crippen LogP contribution in [0.1, 0.15) is 0 Å². The molecule has 0 radical (unpaired) electrons. The molecule has 2 aromatic heterocycles. The molecular weight excluding hydrogens is 683 g/mol. The Morgan fingerprint density at radius 1 is 0.396 bits per heavy atom. The van der Waals surface area contributed by atoms with E-state index in [1.54, 1.807) is 0 Å². The summed E-state index contributed by atoms with van der Waals surface area (Å²) in [6, 6.07) is 63.1. The van der Waals surface area contributed by atoms with Gasteiger partial charge in [-0.3, -0.25) is 0 Å². The Kier molecular flexibility index (Phi) is 7.04. The van der Waals surface area contributed by atoms with Gasteiger partial charge >= 0.3 is 0 Å². The van der Waals surface area contributed by atoms with Crippen LogP contribution in [0.15, 0.2) is 196 Å². The zero-order valence-corrected chi connectivity index (χ0v) is 30.0. The number of aromatic nitrogens is 3. The fourth-order valence-electron chi connectivity index (χ4n) is 7.73. The third-order valence-electron chi connectivity index (χ3n) is 10.2. The van der Waals surface area contributed by atoms with E-state index in [2.05, 4.69) is 162 Å². The van der Waals surface area contributed by atoms with E-state index in [-0.39, 0.29) is 0 Å². The molecule has 0 N–H and O–H groups in total. The Balaban J connectivity index is 1.04. The minimum atomic E-state index is 0.724. The first-order valence-electron chi connectivity index (χ1n) is 17.7. The van der Waals surface area contributed by atoms with Crippen LogP contribution in [0.4, 0.5) is 0 Å². The number of hydrogen-bond acceptors (Lipinski definition) is 4. The van der Waals surface area contributed by atoms with Gasteiger partial charge < -0.3 is 4.57 Å². The summed E-state index contributed by atoms with van der Waals surface area (Å²) in [4.78, 5) is 15.3. The van der Waals surface area contributed by atoms with Crippen molar-refractivity contribution in [2.75, 3.05) is 0 Å². The SMILES string of the molecule is c1ccc(-c2nc(-c3ccc(-c4cccc(-n5c6cc7c(cc6c6ccc8ccccc8c65)Sc5ccccc5S7)c4)cc3)nc3ccccc23)cc1. The van der Waals surface area contributed by atoms with Crippen LogP contribution in [0.2, 0.25) is 0 Å². The predicted molar refractivity (Wildman–Crippen MR) is 222 cm³/mol. The molecule has 248 valence electrons. The number of rotatable bonds is 4. The molecule has 0 saturated heterocycles. The standard InChI is InChI=1S/C48H29N3S2/c1-2-12-32(13-3-1)46-38-17-6-7-18-40(38)49-48(50-46)33-23-21-30(22-24-33)34-14-10-15-35(27-34)51-41-29-45-44(52-42-19-8-9-20-43(42)53-45)28-39(41)37-26-25-31-11-4-5-16-36(31)47(37)51/h1-29H. The highest BCUT2D eigenvalue weighted by Gasteiger charge is 2.22. The van der Waals surface area contributed by atoms with Crippen LogP contribution in [0.3, 0.4) is 0 Å². The Hall–Kier alpha value is -6.14. The molecule has 11 rings (SSSR count). The van der Waals surface area contributed by atoms with E-state index < -0.39 is 0 Å². The van der Waals surface area contributed by atoms with Gasteiger partial charge in [-0.15, -0.1) is 0 Å². The summed E-state index contributed by atoms with van der Waals surface area (Å²) in [5, 5.41) is 6.09. The van der Waals surface area contributed by atoms with Crippen LogP contribution in [-0.2, 0) is 0 Å². The van der Waals surface area contributed by atoms with E-state index in [4.69, 9.17) is 9.97 Å². The minimum absolute atomic E-state index is 0.724. The topological polar surface area (TPSA) is 30.7 Å². The van der Waals surface area contributed by atoms with Gasteiger partial charge in [-0.25, -0.2) is 9.97 Å². The monoisotopic (exact) mass is 711 g/mol. The van der Waals surface area contributed by atoms with Crippen molar-refractivity contribution >= 4 is 67.0 Å². The van der Waals surface area contributed by atoms with Gasteiger partial charge in [0.2, 0.25) is 0 Å². The van der Waals surface area contributed by atoms with Crippen molar-refractivity contribution in [3.05, 3.63) is 176 Å². The number of fused-ring (bicyclic) bond motifs is 8. The molecule has 0 amide bonds. The second-order valence-electron chi connectivity index (χ2n) is 13.4. The highest BCUT2D eigenvalue weighted by Crippen LogP contribution is 2.51. The maximum absolute atomic E-state index is 5.10. The van der Waals surface area contributed by atoms with Gasteiger partial charge in [0.1, 0.15) is 0 Å². The summed E-state index contributed by atoms with van der Waals surface area (Å²) in [5.41, 5.74) is 9.86. The van der Waals surface area contributed by atoms with E-state index in [1.165, 1.54) is 52.2 Å². The maximum atomic E-state index is 5.10. The second-order valence-corrected chi connectivity index (χ2v) is 15.6. The van der Waals surface area contributed by atoms with Gasteiger partial charge in [-0.05, 0) is 59.0 Å². The van der Waals surface area contributed by atoms with Crippen LogP contribution < -0.4 is 0 Å². The normalized spacial score (nSPS) is 12.4. The Labute approximate surface area is 315 Å². The Morgan fingerprint density at radius 3 is 1.91 bits per heavy atom. The molecule has 5 heteroatoms.